The van der Waals surface area contributed by atoms with Gasteiger partial charge in [0, 0.05) is 18.6 Å². The molecule has 122 valence electrons. The Morgan fingerprint density at radius 1 is 1.57 bits per heavy atom. The standard InChI is InChI=1S/C15H20N6OS/c1-15(2,10-19-14-18-8-12(7-17)23-14)20-9-13(22)21-5-3-4-11(21)6-16/h8,11,20H,3-5,9-10H2,1-2H3,(H,18,19)/t11-/m0/s1. The maximum atomic E-state index is 12.2. The van der Waals surface area contributed by atoms with E-state index in [9.17, 15) is 4.79 Å². The highest BCUT2D eigenvalue weighted by molar-refractivity contribution is 7.16. The number of carbonyl (C=O) groups is 1. The van der Waals surface area contributed by atoms with Crippen molar-refractivity contribution in [3.8, 4) is 12.1 Å². The summed E-state index contributed by atoms with van der Waals surface area (Å²) in [5, 5.41) is 24.9. The molecule has 7 nitrogen and oxygen atoms in total. The molecule has 0 radical (unpaired) electrons. The number of nitrogens with zero attached hydrogens (tertiary/aromatic N) is 4. The number of carbonyl (C=O) groups excluding carboxylic acids is 1. The Morgan fingerprint density at radius 3 is 3.00 bits per heavy atom. The van der Waals surface area contributed by atoms with Crippen LogP contribution in [-0.2, 0) is 4.79 Å². The molecule has 1 aromatic heterocycles. The lowest BCUT2D eigenvalue weighted by Crippen LogP contribution is -2.50. The van der Waals surface area contributed by atoms with Crippen LogP contribution in [-0.4, -0.2) is 47.0 Å². The number of hydrogen-bond acceptors (Lipinski definition) is 7. The Bertz CT molecular complexity index is 641. The molecule has 0 bridgehead atoms. The monoisotopic (exact) mass is 332 g/mol. The van der Waals surface area contributed by atoms with Gasteiger partial charge in [0.1, 0.15) is 17.0 Å². The molecule has 0 unspecified atom stereocenters. The smallest absolute Gasteiger partial charge is 0.237 e. The first-order valence-corrected chi connectivity index (χ1v) is 8.31. The summed E-state index contributed by atoms with van der Waals surface area (Å²) < 4.78 is 0. The first-order chi connectivity index (χ1) is 10.9. The summed E-state index contributed by atoms with van der Waals surface area (Å²) in [4.78, 5) is 18.5. The average Bonchev–Trinajstić information content (AvgIpc) is 3.19. The fraction of sp³-hybridized carbons (Fsp3) is 0.600. The molecule has 1 amide bonds. The molecule has 23 heavy (non-hydrogen) atoms. The van der Waals surface area contributed by atoms with Crippen molar-refractivity contribution < 1.29 is 4.79 Å². The second kappa shape index (κ2) is 7.40. The highest BCUT2D eigenvalue weighted by Crippen LogP contribution is 2.18. The summed E-state index contributed by atoms with van der Waals surface area (Å²) in [6, 6.07) is 3.94. The lowest BCUT2D eigenvalue weighted by atomic mass is 10.1. The van der Waals surface area contributed by atoms with Crippen molar-refractivity contribution in [3.05, 3.63) is 11.1 Å². The summed E-state index contributed by atoms with van der Waals surface area (Å²) in [7, 11) is 0. The van der Waals surface area contributed by atoms with Gasteiger partial charge < -0.3 is 15.5 Å². The molecule has 2 heterocycles. The van der Waals surface area contributed by atoms with Gasteiger partial charge in [-0.1, -0.05) is 11.3 Å². The molecule has 8 heteroatoms. The van der Waals surface area contributed by atoms with Crippen LogP contribution in [0.25, 0.3) is 0 Å². The van der Waals surface area contributed by atoms with Crippen LogP contribution in [0.3, 0.4) is 0 Å². The maximum absolute atomic E-state index is 12.2. The SMILES string of the molecule is CC(C)(CNc1ncc(C#N)s1)NCC(=O)N1CCC[C@H]1C#N. The lowest BCUT2D eigenvalue weighted by Gasteiger charge is -2.28. The fourth-order valence-corrected chi connectivity index (χ4v) is 2.99. The molecule has 1 aliphatic heterocycles. The van der Waals surface area contributed by atoms with Gasteiger partial charge in [0.05, 0.1) is 18.8 Å². The van der Waals surface area contributed by atoms with Crippen LogP contribution in [0.2, 0.25) is 0 Å². The van der Waals surface area contributed by atoms with E-state index in [1.165, 1.54) is 17.5 Å². The summed E-state index contributed by atoms with van der Waals surface area (Å²) in [5.74, 6) is -0.0388. The first kappa shape index (κ1) is 17.2. The largest absolute Gasteiger partial charge is 0.360 e. The van der Waals surface area contributed by atoms with Gasteiger partial charge in [-0.2, -0.15) is 10.5 Å². The Kier molecular flexibility index (Phi) is 5.54. The topological polar surface area (TPSA) is 105 Å². The van der Waals surface area contributed by atoms with E-state index in [2.05, 4.69) is 21.7 Å². The normalized spacial score (nSPS) is 17.6. The summed E-state index contributed by atoms with van der Waals surface area (Å²) >= 11 is 1.30. The molecule has 0 aromatic carbocycles. The molecule has 1 saturated heterocycles. The van der Waals surface area contributed by atoms with Crippen LogP contribution in [0.1, 0.15) is 31.6 Å². The Hall–Kier alpha value is -2.16. The second-order valence-corrected chi connectivity index (χ2v) is 7.14. The molecule has 0 spiro atoms. The van der Waals surface area contributed by atoms with E-state index >= 15 is 0 Å². The zero-order chi connectivity index (χ0) is 16.9. The number of hydrogen-bond donors (Lipinski definition) is 2. The zero-order valence-electron chi connectivity index (χ0n) is 13.3. The van der Waals surface area contributed by atoms with Gasteiger partial charge in [-0.25, -0.2) is 4.98 Å². The van der Waals surface area contributed by atoms with Crippen LogP contribution in [0.15, 0.2) is 6.20 Å². The first-order valence-electron chi connectivity index (χ1n) is 7.49. The van der Waals surface area contributed by atoms with Crippen molar-refractivity contribution in [1.82, 2.24) is 15.2 Å². The third-order valence-corrected chi connectivity index (χ3v) is 4.60. The van der Waals surface area contributed by atoms with E-state index in [-0.39, 0.29) is 24.0 Å². The molecular formula is C15H20N6OS. The molecule has 1 aromatic rings. The van der Waals surface area contributed by atoms with Crippen molar-refractivity contribution in [2.75, 3.05) is 25.0 Å². The van der Waals surface area contributed by atoms with E-state index in [1.807, 2.05) is 19.9 Å². The predicted molar refractivity (Wildman–Crippen MR) is 87.7 cm³/mol. The van der Waals surface area contributed by atoms with Crippen LogP contribution in [0.4, 0.5) is 5.13 Å². The number of nitrogens with one attached hydrogen (secondary N) is 2. The van der Waals surface area contributed by atoms with Gasteiger partial charge in [0.25, 0.3) is 0 Å². The second-order valence-electron chi connectivity index (χ2n) is 6.11. The Morgan fingerprint density at radius 2 is 2.35 bits per heavy atom. The molecule has 2 rings (SSSR count). The van der Waals surface area contributed by atoms with Gasteiger partial charge in [0.2, 0.25) is 5.91 Å². The molecule has 1 fully saturated rings. The molecule has 2 N–H and O–H groups in total. The number of anilines is 1. The molecule has 1 aliphatic rings. The fourth-order valence-electron chi connectivity index (χ4n) is 2.38. The minimum Gasteiger partial charge on any atom is -0.360 e. The average molecular weight is 332 g/mol. The van der Waals surface area contributed by atoms with E-state index in [4.69, 9.17) is 10.5 Å². The van der Waals surface area contributed by atoms with Gasteiger partial charge in [0.15, 0.2) is 5.13 Å². The van der Waals surface area contributed by atoms with E-state index < -0.39 is 0 Å². The number of nitriles is 2. The van der Waals surface area contributed by atoms with E-state index in [1.54, 1.807) is 4.90 Å². The number of likely N-dealkylation sites (tertiary alicyclic amines) is 1. The highest BCUT2D eigenvalue weighted by atomic mass is 32.1. The molecule has 0 aliphatic carbocycles. The van der Waals surface area contributed by atoms with Crippen LogP contribution < -0.4 is 10.6 Å². The zero-order valence-corrected chi connectivity index (χ0v) is 14.1. The maximum Gasteiger partial charge on any atom is 0.237 e. The van der Waals surface area contributed by atoms with E-state index in [0.29, 0.717) is 23.1 Å². The minimum absolute atomic E-state index is 0.0388. The lowest BCUT2D eigenvalue weighted by molar-refractivity contribution is -0.130. The summed E-state index contributed by atoms with van der Waals surface area (Å²) in [6.45, 7) is 5.40. The van der Waals surface area contributed by atoms with Gasteiger partial charge in [-0.3, -0.25) is 4.79 Å². The molecular weight excluding hydrogens is 312 g/mol. The Labute approximate surface area is 139 Å². The third-order valence-electron chi connectivity index (χ3n) is 3.74. The van der Waals surface area contributed by atoms with Crippen molar-refractivity contribution in [2.24, 2.45) is 0 Å². The van der Waals surface area contributed by atoms with Gasteiger partial charge in [-0.15, -0.1) is 0 Å². The van der Waals surface area contributed by atoms with Crippen LogP contribution in [0.5, 0.6) is 0 Å². The number of amides is 1. The number of aromatic nitrogens is 1. The highest BCUT2D eigenvalue weighted by Gasteiger charge is 2.29. The third kappa shape index (κ3) is 4.65. The van der Waals surface area contributed by atoms with Crippen LogP contribution in [0, 0.1) is 22.7 Å². The Balaban J connectivity index is 1.80. The predicted octanol–water partition coefficient (Wildman–Crippen LogP) is 1.31. The minimum atomic E-state index is -0.323. The quantitative estimate of drug-likeness (QED) is 0.814. The number of thiazole rings is 1. The van der Waals surface area contributed by atoms with Crippen molar-refractivity contribution >= 4 is 22.4 Å². The summed E-state index contributed by atoms with van der Waals surface area (Å²) in [6.07, 6.45) is 3.19. The van der Waals surface area contributed by atoms with Crippen molar-refractivity contribution in [2.45, 2.75) is 38.3 Å². The van der Waals surface area contributed by atoms with Gasteiger partial charge >= 0.3 is 0 Å². The van der Waals surface area contributed by atoms with E-state index in [0.717, 1.165) is 12.8 Å². The number of rotatable bonds is 6. The van der Waals surface area contributed by atoms with Gasteiger partial charge in [-0.05, 0) is 26.7 Å². The van der Waals surface area contributed by atoms with Crippen molar-refractivity contribution in [3.63, 3.8) is 0 Å². The summed E-state index contributed by atoms with van der Waals surface area (Å²) in [5.41, 5.74) is -0.323. The van der Waals surface area contributed by atoms with Crippen LogP contribution >= 0.6 is 11.3 Å². The van der Waals surface area contributed by atoms with Crippen molar-refractivity contribution in [1.29, 1.82) is 10.5 Å². The molecule has 1 atom stereocenters. The molecule has 0 saturated carbocycles.